The summed E-state index contributed by atoms with van der Waals surface area (Å²) in [4.78, 5) is 19.2. The van der Waals surface area contributed by atoms with Gasteiger partial charge in [0.2, 0.25) is 0 Å². The number of carbonyl (C=O) groups is 1. The maximum atomic E-state index is 12.8. The van der Waals surface area contributed by atoms with Crippen LogP contribution in [0.25, 0.3) is 10.8 Å². The molecule has 1 saturated carbocycles. The Hall–Kier alpha value is -1.66. The lowest BCUT2D eigenvalue weighted by atomic mass is 9.90. The molecule has 6 heteroatoms. The number of rotatable bonds is 2. The highest BCUT2D eigenvalue weighted by atomic mass is 32.1. The van der Waals surface area contributed by atoms with E-state index in [4.69, 9.17) is 9.15 Å². The van der Waals surface area contributed by atoms with Crippen LogP contribution in [-0.2, 0) is 4.74 Å². The van der Waals surface area contributed by atoms with Crippen LogP contribution in [0.3, 0.4) is 0 Å². The fourth-order valence-electron chi connectivity index (χ4n) is 3.38. The van der Waals surface area contributed by atoms with Gasteiger partial charge in [-0.25, -0.2) is 4.98 Å². The summed E-state index contributed by atoms with van der Waals surface area (Å²) in [5.41, 5.74) is 0.516. The lowest BCUT2D eigenvalue weighted by Crippen LogP contribution is -2.54. The molecule has 2 aromatic heterocycles. The maximum absolute atomic E-state index is 12.8. The summed E-state index contributed by atoms with van der Waals surface area (Å²) >= 11 is 1.45. The number of furan rings is 1. The molecule has 22 heavy (non-hydrogen) atoms. The standard InChI is InChI=1S/C16H18N2O3S/c19-16(11-10-22-15(17-11)14-6-3-8-20-14)18-7-9-21-13-5-2-1-4-12(13)18/h3,6,8,10,12-13H,1-2,4-5,7,9H2/t12-,13+/m1/s1. The minimum atomic E-state index is 0.0225. The molecule has 1 aliphatic heterocycles. The van der Waals surface area contributed by atoms with Gasteiger partial charge in [0.15, 0.2) is 10.8 Å². The van der Waals surface area contributed by atoms with Crippen LogP contribution in [0.15, 0.2) is 28.2 Å². The van der Waals surface area contributed by atoms with Crippen LogP contribution in [0.2, 0.25) is 0 Å². The molecule has 0 spiro atoms. The van der Waals surface area contributed by atoms with Crippen LogP contribution in [0.4, 0.5) is 0 Å². The number of fused-ring (bicyclic) bond motifs is 1. The molecule has 4 rings (SSSR count). The molecule has 1 aliphatic carbocycles. The summed E-state index contributed by atoms with van der Waals surface area (Å²) in [6, 6.07) is 3.90. The molecule has 1 saturated heterocycles. The van der Waals surface area contributed by atoms with Crippen molar-refractivity contribution in [1.29, 1.82) is 0 Å². The first kappa shape index (κ1) is 14.0. The van der Waals surface area contributed by atoms with Gasteiger partial charge in [0, 0.05) is 11.9 Å². The summed E-state index contributed by atoms with van der Waals surface area (Å²) in [5.74, 6) is 0.732. The molecular formula is C16H18N2O3S. The monoisotopic (exact) mass is 318 g/mol. The van der Waals surface area contributed by atoms with Crippen molar-refractivity contribution in [1.82, 2.24) is 9.88 Å². The number of nitrogens with zero attached hydrogens (tertiary/aromatic N) is 2. The minimum Gasteiger partial charge on any atom is -0.462 e. The number of ether oxygens (including phenoxy) is 1. The third-order valence-electron chi connectivity index (χ3n) is 4.45. The topological polar surface area (TPSA) is 55.6 Å². The Bertz CT molecular complexity index is 650. The zero-order chi connectivity index (χ0) is 14.9. The van der Waals surface area contributed by atoms with Crippen molar-refractivity contribution >= 4 is 17.2 Å². The van der Waals surface area contributed by atoms with Crippen LogP contribution < -0.4 is 0 Å². The Morgan fingerprint density at radius 1 is 1.36 bits per heavy atom. The maximum Gasteiger partial charge on any atom is 0.273 e. The van der Waals surface area contributed by atoms with Gasteiger partial charge in [0.05, 0.1) is 25.0 Å². The molecule has 0 unspecified atom stereocenters. The third kappa shape index (κ3) is 2.46. The van der Waals surface area contributed by atoms with Gasteiger partial charge in [-0.05, 0) is 25.0 Å². The van der Waals surface area contributed by atoms with E-state index in [-0.39, 0.29) is 18.1 Å². The van der Waals surface area contributed by atoms with Crippen molar-refractivity contribution in [2.75, 3.05) is 13.2 Å². The lowest BCUT2D eigenvalue weighted by molar-refractivity contribution is -0.0754. The second kappa shape index (κ2) is 5.85. The zero-order valence-corrected chi connectivity index (χ0v) is 13.1. The molecule has 1 amide bonds. The van der Waals surface area contributed by atoms with Gasteiger partial charge >= 0.3 is 0 Å². The van der Waals surface area contributed by atoms with Gasteiger partial charge < -0.3 is 14.1 Å². The fourth-order valence-corrected chi connectivity index (χ4v) is 4.14. The van der Waals surface area contributed by atoms with Gasteiger partial charge in [-0.1, -0.05) is 12.8 Å². The van der Waals surface area contributed by atoms with Gasteiger partial charge in [-0.3, -0.25) is 4.79 Å². The van der Waals surface area contributed by atoms with Crippen molar-refractivity contribution in [2.45, 2.75) is 37.8 Å². The summed E-state index contributed by atoms with van der Waals surface area (Å²) < 4.78 is 11.2. The largest absolute Gasteiger partial charge is 0.462 e. The highest BCUT2D eigenvalue weighted by Crippen LogP contribution is 2.30. The van der Waals surface area contributed by atoms with Crippen LogP contribution >= 0.6 is 11.3 Å². The SMILES string of the molecule is O=C(c1csc(-c2ccco2)n1)N1CCO[C@H]2CCCC[C@H]21. The van der Waals surface area contributed by atoms with E-state index in [1.165, 1.54) is 24.2 Å². The summed E-state index contributed by atoms with van der Waals surface area (Å²) in [6.07, 6.45) is 6.28. The molecule has 3 heterocycles. The van der Waals surface area contributed by atoms with E-state index in [0.29, 0.717) is 24.6 Å². The van der Waals surface area contributed by atoms with Crippen molar-refractivity contribution in [3.63, 3.8) is 0 Å². The highest BCUT2D eigenvalue weighted by Gasteiger charge is 2.37. The average Bonchev–Trinajstić information content (AvgIpc) is 3.24. The normalized spacial score (nSPS) is 25.0. The quantitative estimate of drug-likeness (QED) is 0.853. The average molecular weight is 318 g/mol. The Labute approximate surface area is 132 Å². The number of thiazole rings is 1. The van der Waals surface area contributed by atoms with Crippen LogP contribution in [0, 0.1) is 0 Å². The van der Waals surface area contributed by atoms with E-state index in [9.17, 15) is 4.79 Å². The Balaban J connectivity index is 1.56. The van der Waals surface area contributed by atoms with E-state index in [1.54, 1.807) is 6.26 Å². The lowest BCUT2D eigenvalue weighted by Gasteiger charge is -2.43. The molecule has 2 fully saturated rings. The van der Waals surface area contributed by atoms with E-state index in [0.717, 1.165) is 17.8 Å². The number of amides is 1. The van der Waals surface area contributed by atoms with E-state index in [1.807, 2.05) is 22.4 Å². The number of hydrogen-bond acceptors (Lipinski definition) is 5. The van der Waals surface area contributed by atoms with E-state index < -0.39 is 0 Å². The molecule has 2 atom stereocenters. The fraction of sp³-hybridized carbons (Fsp3) is 0.500. The molecule has 2 aromatic rings. The molecular weight excluding hydrogens is 300 g/mol. The van der Waals surface area contributed by atoms with Crippen molar-refractivity contribution in [3.8, 4) is 10.8 Å². The van der Waals surface area contributed by atoms with Gasteiger partial charge in [0.25, 0.3) is 5.91 Å². The van der Waals surface area contributed by atoms with Crippen LogP contribution in [0.5, 0.6) is 0 Å². The van der Waals surface area contributed by atoms with Crippen molar-refractivity contribution in [2.24, 2.45) is 0 Å². The number of aromatic nitrogens is 1. The smallest absolute Gasteiger partial charge is 0.273 e. The van der Waals surface area contributed by atoms with Crippen LogP contribution in [-0.4, -0.2) is 41.1 Å². The molecule has 0 aromatic carbocycles. The number of hydrogen-bond donors (Lipinski definition) is 0. The summed E-state index contributed by atoms with van der Waals surface area (Å²) in [5, 5.41) is 2.58. The van der Waals surface area contributed by atoms with E-state index >= 15 is 0 Å². The van der Waals surface area contributed by atoms with Crippen LogP contribution in [0.1, 0.15) is 36.2 Å². The Kier molecular flexibility index (Phi) is 3.72. The zero-order valence-electron chi connectivity index (χ0n) is 12.2. The highest BCUT2D eigenvalue weighted by molar-refractivity contribution is 7.13. The molecule has 2 aliphatic rings. The Morgan fingerprint density at radius 2 is 2.27 bits per heavy atom. The number of morpholine rings is 1. The van der Waals surface area contributed by atoms with Crippen molar-refractivity contribution < 1.29 is 13.9 Å². The van der Waals surface area contributed by atoms with E-state index in [2.05, 4.69) is 4.98 Å². The predicted molar refractivity (Wildman–Crippen MR) is 82.8 cm³/mol. The minimum absolute atomic E-state index is 0.0225. The second-order valence-corrected chi connectivity index (χ2v) is 6.63. The first-order valence-electron chi connectivity index (χ1n) is 7.75. The predicted octanol–water partition coefficient (Wildman–Crippen LogP) is 3.19. The first-order valence-corrected chi connectivity index (χ1v) is 8.63. The summed E-state index contributed by atoms with van der Waals surface area (Å²) in [6.45, 7) is 1.29. The molecule has 0 bridgehead atoms. The second-order valence-electron chi connectivity index (χ2n) is 5.77. The summed E-state index contributed by atoms with van der Waals surface area (Å²) in [7, 11) is 0. The van der Waals surface area contributed by atoms with Gasteiger partial charge in [-0.2, -0.15) is 0 Å². The van der Waals surface area contributed by atoms with Gasteiger partial charge in [-0.15, -0.1) is 11.3 Å². The first-order chi connectivity index (χ1) is 10.8. The number of carbonyl (C=O) groups excluding carboxylic acids is 1. The molecule has 0 N–H and O–H groups in total. The van der Waals surface area contributed by atoms with Gasteiger partial charge in [0.1, 0.15) is 5.69 Å². The Morgan fingerprint density at radius 3 is 3.14 bits per heavy atom. The molecule has 116 valence electrons. The van der Waals surface area contributed by atoms with Crippen molar-refractivity contribution in [3.05, 3.63) is 29.5 Å². The molecule has 5 nitrogen and oxygen atoms in total. The molecule has 0 radical (unpaired) electrons. The third-order valence-corrected chi connectivity index (χ3v) is 5.31.